The van der Waals surface area contributed by atoms with Crippen molar-refractivity contribution >= 4 is 16.9 Å². The Hall–Kier alpha value is -2.86. The number of imidazole rings is 1. The first-order chi connectivity index (χ1) is 16.9. The summed E-state index contributed by atoms with van der Waals surface area (Å²) in [4.78, 5) is 16.9. The predicted octanol–water partition coefficient (Wildman–Crippen LogP) is 5.42. The third-order valence-corrected chi connectivity index (χ3v) is 6.64. The topological polar surface area (TPSA) is 65.4 Å². The number of carbonyl (C=O) groups excluding carboxylic acids is 1. The van der Waals surface area contributed by atoms with E-state index >= 15 is 0 Å². The number of ether oxygens (including phenoxy) is 2. The molecule has 1 aliphatic heterocycles. The molecule has 35 heavy (non-hydrogen) atoms. The van der Waals surface area contributed by atoms with E-state index in [0.29, 0.717) is 19.8 Å². The van der Waals surface area contributed by atoms with E-state index < -0.39 is 0 Å². The molecule has 1 amide bonds. The second-order valence-electron chi connectivity index (χ2n) is 10.4. The van der Waals surface area contributed by atoms with Crippen LogP contribution in [0, 0.1) is 0 Å². The van der Waals surface area contributed by atoms with E-state index in [1.54, 1.807) is 0 Å². The fraction of sp³-hybridized carbons (Fsp3) is 0.517. The Labute approximate surface area is 209 Å². The van der Waals surface area contributed by atoms with Crippen molar-refractivity contribution in [3.8, 4) is 5.75 Å². The van der Waals surface area contributed by atoms with Gasteiger partial charge in [0.15, 0.2) is 0 Å². The first kappa shape index (κ1) is 25.2. The first-order valence-corrected chi connectivity index (χ1v) is 13.0. The number of carbonyl (C=O) groups is 1. The van der Waals surface area contributed by atoms with Crippen LogP contribution in [0.1, 0.15) is 64.3 Å². The predicted molar refractivity (Wildman–Crippen MR) is 140 cm³/mol. The van der Waals surface area contributed by atoms with Gasteiger partial charge < -0.3 is 19.4 Å². The largest absolute Gasteiger partial charge is 0.492 e. The average Bonchev–Trinajstić information content (AvgIpc) is 3.50. The van der Waals surface area contributed by atoms with Crippen LogP contribution in [-0.2, 0) is 27.9 Å². The molecule has 3 aromatic rings. The molecule has 6 heteroatoms. The summed E-state index contributed by atoms with van der Waals surface area (Å²) >= 11 is 0. The average molecular weight is 478 g/mol. The fourth-order valence-electron chi connectivity index (χ4n) is 4.57. The van der Waals surface area contributed by atoms with Crippen molar-refractivity contribution < 1.29 is 14.3 Å². The number of aromatic nitrogens is 2. The van der Waals surface area contributed by atoms with Crippen molar-refractivity contribution in [2.24, 2.45) is 0 Å². The Balaban J connectivity index is 1.27. The number of rotatable bonds is 11. The lowest BCUT2D eigenvalue weighted by atomic mass is 9.87. The SMILES string of the molecule is CC(C)(C)c1ccc(OCCn2c(CCCCCNC(=O)C3CCCO3)nc3ccccc32)cc1. The maximum absolute atomic E-state index is 12.0. The number of aryl methyl sites for hydroxylation is 1. The number of para-hydroxylation sites is 2. The minimum absolute atomic E-state index is 0.0392. The number of unbranched alkanes of at least 4 members (excludes halogenated alkanes) is 2. The van der Waals surface area contributed by atoms with Crippen LogP contribution in [0.5, 0.6) is 5.75 Å². The van der Waals surface area contributed by atoms with E-state index in [-0.39, 0.29) is 17.4 Å². The highest BCUT2D eigenvalue weighted by molar-refractivity contribution is 5.80. The smallest absolute Gasteiger partial charge is 0.249 e. The highest BCUT2D eigenvalue weighted by atomic mass is 16.5. The molecule has 0 bridgehead atoms. The van der Waals surface area contributed by atoms with Crippen LogP contribution in [0.25, 0.3) is 11.0 Å². The van der Waals surface area contributed by atoms with Gasteiger partial charge in [0.25, 0.3) is 0 Å². The summed E-state index contributed by atoms with van der Waals surface area (Å²) in [6, 6.07) is 16.7. The molecule has 1 atom stereocenters. The third-order valence-electron chi connectivity index (χ3n) is 6.64. The molecular formula is C29H39N3O3. The molecule has 6 nitrogen and oxygen atoms in total. The van der Waals surface area contributed by atoms with Gasteiger partial charge >= 0.3 is 0 Å². The van der Waals surface area contributed by atoms with Gasteiger partial charge in [-0.3, -0.25) is 4.79 Å². The van der Waals surface area contributed by atoms with Crippen molar-refractivity contribution in [1.82, 2.24) is 14.9 Å². The lowest BCUT2D eigenvalue weighted by molar-refractivity contribution is -0.130. The quantitative estimate of drug-likeness (QED) is 0.375. The molecule has 2 heterocycles. The number of fused-ring (bicyclic) bond motifs is 1. The van der Waals surface area contributed by atoms with E-state index in [9.17, 15) is 4.79 Å². The first-order valence-electron chi connectivity index (χ1n) is 13.0. The van der Waals surface area contributed by atoms with Crippen molar-refractivity contribution in [2.45, 2.75) is 77.4 Å². The van der Waals surface area contributed by atoms with Crippen molar-refractivity contribution in [3.63, 3.8) is 0 Å². The second-order valence-corrected chi connectivity index (χ2v) is 10.4. The summed E-state index contributed by atoms with van der Waals surface area (Å²) in [5.41, 5.74) is 3.62. The molecule has 0 radical (unpaired) electrons. The minimum Gasteiger partial charge on any atom is -0.492 e. The van der Waals surface area contributed by atoms with E-state index in [0.717, 1.165) is 67.7 Å². The van der Waals surface area contributed by atoms with Gasteiger partial charge in [-0.05, 0) is 60.9 Å². The molecular weight excluding hydrogens is 438 g/mol. The Morgan fingerprint density at radius 1 is 1.11 bits per heavy atom. The van der Waals surface area contributed by atoms with E-state index in [4.69, 9.17) is 14.5 Å². The van der Waals surface area contributed by atoms with Crippen LogP contribution < -0.4 is 10.1 Å². The Kier molecular flexibility index (Phi) is 8.45. The van der Waals surface area contributed by atoms with Gasteiger partial charge in [-0.15, -0.1) is 0 Å². The third kappa shape index (κ3) is 6.85. The molecule has 0 saturated carbocycles. The Morgan fingerprint density at radius 3 is 2.66 bits per heavy atom. The molecule has 1 aliphatic rings. The molecule has 1 saturated heterocycles. The zero-order chi connectivity index (χ0) is 24.7. The minimum atomic E-state index is -0.242. The van der Waals surface area contributed by atoms with Crippen molar-refractivity contribution in [1.29, 1.82) is 0 Å². The van der Waals surface area contributed by atoms with E-state index in [1.165, 1.54) is 5.56 Å². The number of nitrogens with zero attached hydrogens (tertiary/aromatic N) is 2. The molecule has 1 N–H and O–H groups in total. The standard InChI is InChI=1S/C29H39N3O3/c1-29(2,3)22-14-16-23(17-15-22)34-21-19-32-25-11-7-6-10-24(25)31-27(32)13-5-4-8-18-30-28(33)26-12-9-20-35-26/h6-7,10-11,14-17,26H,4-5,8-9,12-13,18-21H2,1-3H3,(H,30,33). The molecule has 0 aliphatic carbocycles. The molecule has 1 fully saturated rings. The molecule has 0 spiro atoms. The molecule has 1 unspecified atom stereocenters. The number of nitrogens with one attached hydrogen (secondary N) is 1. The lowest BCUT2D eigenvalue weighted by Crippen LogP contribution is -2.34. The van der Waals surface area contributed by atoms with Gasteiger partial charge in [-0.1, -0.05) is 51.5 Å². The fourth-order valence-corrected chi connectivity index (χ4v) is 4.57. The summed E-state index contributed by atoms with van der Waals surface area (Å²) in [5.74, 6) is 2.03. The van der Waals surface area contributed by atoms with Crippen molar-refractivity contribution in [3.05, 3.63) is 59.9 Å². The summed E-state index contributed by atoms with van der Waals surface area (Å²) in [6.07, 6.45) is 5.54. The van der Waals surface area contributed by atoms with Crippen LogP contribution in [0.2, 0.25) is 0 Å². The van der Waals surface area contributed by atoms with Crippen molar-refractivity contribution in [2.75, 3.05) is 19.8 Å². The maximum Gasteiger partial charge on any atom is 0.249 e. The van der Waals surface area contributed by atoms with Crippen LogP contribution in [0.3, 0.4) is 0 Å². The van der Waals surface area contributed by atoms with Gasteiger partial charge in [0.1, 0.15) is 24.3 Å². The van der Waals surface area contributed by atoms with Gasteiger partial charge in [0.05, 0.1) is 17.6 Å². The summed E-state index contributed by atoms with van der Waals surface area (Å²) < 4.78 is 13.8. The Bertz CT molecular complexity index is 1090. The summed E-state index contributed by atoms with van der Waals surface area (Å²) in [5, 5.41) is 3.01. The normalized spacial score (nSPS) is 16.0. The second kappa shape index (κ2) is 11.7. The highest BCUT2D eigenvalue weighted by Crippen LogP contribution is 2.24. The van der Waals surface area contributed by atoms with Gasteiger partial charge in [0, 0.05) is 19.6 Å². The maximum atomic E-state index is 12.0. The van der Waals surface area contributed by atoms with Gasteiger partial charge in [-0.25, -0.2) is 4.98 Å². The molecule has 1 aromatic heterocycles. The van der Waals surface area contributed by atoms with Crippen LogP contribution >= 0.6 is 0 Å². The zero-order valence-electron chi connectivity index (χ0n) is 21.4. The number of benzene rings is 2. The molecule has 4 rings (SSSR count). The monoisotopic (exact) mass is 477 g/mol. The van der Waals surface area contributed by atoms with E-state index in [1.807, 2.05) is 6.07 Å². The lowest BCUT2D eigenvalue weighted by Gasteiger charge is -2.19. The van der Waals surface area contributed by atoms with E-state index in [2.05, 4.69) is 73.1 Å². The molecule has 188 valence electrons. The number of amides is 1. The summed E-state index contributed by atoms with van der Waals surface area (Å²) in [6.45, 7) is 9.42. The van der Waals surface area contributed by atoms with Crippen LogP contribution in [0.4, 0.5) is 0 Å². The Morgan fingerprint density at radius 2 is 1.91 bits per heavy atom. The zero-order valence-corrected chi connectivity index (χ0v) is 21.4. The van der Waals surface area contributed by atoms with Gasteiger partial charge in [0.2, 0.25) is 5.91 Å². The molecule has 2 aromatic carbocycles. The summed E-state index contributed by atoms with van der Waals surface area (Å²) in [7, 11) is 0. The number of hydrogen-bond donors (Lipinski definition) is 1. The van der Waals surface area contributed by atoms with Crippen LogP contribution in [-0.4, -0.2) is 41.3 Å². The number of hydrogen-bond acceptors (Lipinski definition) is 4. The highest BCUT2D eigenvalue weighted by Gasteiger charge is 2.22. The van der Waals surface area contributed by atoms with Gasteiger partial charge in [-0.2, -0.15) is 0 Å². The van der Waals surface area contributed by atoms with Crippen LogP contribution in [0.15, 0.2) is 48.5 Å².